The van der Waals surface area contributed by atoms with Gasteiger partial charge < -0.3 is 20.0 Å². The second kappa shape index (κ2) is 9.73. The topological polar surface area (TPSA) is 68.8 Å². The minimum Gasteiger partial charge on any atom is -0.338 e. The normalized spacial score (nSPS) is 19.6. The molecular formula is C21H25Cl2N5O2S. The molecule has 1 atom stereocenters. The molecule has 166 valence electrons. The number of carbonyl (C=O) groups is 2. The molecule has 3 heterocycles. The Kier molecular flexibility index (Phi) is 7.01. The molecular weight excluding hydrogens is 457 g/mol. The number of nitrogens with zero attached hydrogens (tertiary/aromatic N) is 4. The fourth-order valence-corrected chi connectivity index (χ4v) is 5.10. The maximum atomic E-state index is 13.1. The number of rotatable bonds is 5. The van der Waals surface area contributed by atoms with Gasteiger partial charge in [0.1, 0.15) is 11.7 Å². The predicted octanol–water partition coefficient (Wildman–Crippen LogP) is 3.96. The number of aromatic nitrogens is 1. The number of anilines is 2. The van der Waals surface area contributed by atoms with Gasteiger partial charge in [-0.2, -0.15) is 0 Å². The van der Waals surface area contributed by atoms with Crippen molar-refractivity contribution in [3.8, 4) is 0 Å². The Labute approximate surface area is 195 Å². The molecule has 2 aliphatic rings. The van der Waals surface area contributed by atoms with Crippen molar-refractivity contribution in [2.75, 3.05) is 44.6 Å². The molecule has 31 heavy (non-hydrogen) atoms. The summed E-state index contributed by atoms with van der Waals surface area (Å²) in [6.07, 6.45) is 1.52. The molecule has 0 bridgehead atoms. The summed E-state index contributed by atoms with van der Waals surface area (Å²) in [5, 5.41) is 6.22. The number of thiazole rings is 1. The van der Waals surface area contributed by atoms with E-state index in [9.17, 15) is 9.59 Å². The van der Waals surface area contributed by atoms with Gasteiger partial charge in [0.2, 0.25) is 5.91 Å². The van der Waals surface area contributed by atoms with Crippen LogP contribution < -0.4 is 5.32 Å². The number of hydrogen-bond donors (Lipinski definition) is 1. The highest BCUT2D eigenvalue weighted by molar-refractivity contribution is 7.14. The number of likely N-dealkylation sites (tertiary alicyclic amines) is 1. The monoisotopic (exact) mass is 481 g/mol. The molecule has 4 rings (SSSR count). The van der Waals surface area contributed by atoms with Crippen LogP contribution in [0.1, 0.15) is 30.3 Å². The predicted molar refractivity (Wildman–Crippen MR) is 125 cm³/mol. The van der Waals surface area contributed by atoms with Crippen molar-refractivity contribution in [3.05, 3.63) is 39.3 Å². The highest BCUT2D eigenvalue weighted by Gasteiger charge is 2.38. The summed E-state index contributed by atoms with van der Waals surface area (Å²) < 4.78 is 0. The molecule has 1 N–H and O–H groups in total. The van der Waals surface area contributed by atoms with E-state index >= 15 is 0 Å². The van der Waals surface area contributed by atoms with Gasteiger partial charge in [0.25, 0.3) is 5.91 Å². The zero-order valence-corrected chi connectivity index (χ0v) is 19.6. The van der Waals surface area contributed by atoms with E-state index < -0.39 is 6.04 Å². The lowest BCUT2D eigenvalue weighted by molar-refractivity contribution is -0.137. The Morgan fingerprint density at radius 3 is 2.71 bits per heavy atom. The van der Waals surface area contributed by atoms with Gasteiger partial charge in [0.05, 0.1) is 15.7 Å². The highest BCUT2D eigenvalue weighted by atomic mass is 35.5. The first-order valence-corrected chi connectivity index (χ1v) is 12.1. The van der Waals surface area contributed by atoms with Gasteiger partial charge in [-0.3, -0.25) is 9.59 Å². The minimum absolute atomic E-state index is 0.0564. The first-order chi connectivity index (χ1) is 15.0. The first kappa shape index (κ1) is 22.3. The van der Waals surface area contributed by atoms with Crippen molar-refractivity contribution in [2.45, 2.75) is 25.8 Å². The largest absolute Gasteiger partial charge is 0.338 e. The van der Waals surface area contributed by atoms with Crippen molar-refractivity contribution in [1.29, 1.82) is 0 Å². The van der Waals surface area contributed by atoms with Gasteiger partial charge in [-0.15, -0.1) is 11.3 Å². The van der Waals surface area contributed by atoms with Crippen molar-refractivity contribution in [3.63, 3.8) is 0 Å². The maximum absolute atomic E-state index is 13.1. The third-order valence-corrected chi connectivity index (χ3v) is 7.42. The molecule has 2 amide bonds. The molecule has 7 nitrogen and oxygen atoms in total. The number of carbonyl (C=O) groups excluding carboxylic acids is 2. The van der Waals surface area contributed by atoms with Crippen LogP contribution in [0.3, 0.4) is 0 Å². The van der Waals surface area contributed by atoms with Gasteiger partial charge >= 0.3 is 0 Å². The van der Waals surface area contributed by atoms with Crippen LogP contribution in [0.25, 0.3) is 0 Å². The summed E-state index contributed by atoms with van der Waals surface area (Å²) in [5.74, 6) is -0.148. The van der Waals surface area contributed by atoms with E-state index in [1.807, 2.05) is 4.90 Å². The number of likely N-dealkylation sites (N-methyl/N-ethyl adjacent to an activating group) is 1. The molecule has 2 fully saturated rings. The van der Waals surface area contributed by atoms with E-state index in [0.717, 1.165) is 39.1 Å². The Morgan fingerprint density at radius 1 is 1.19 bits per heavy atom. The number of halogens is 2. The average molecular weight is 482 g/mol. The highest BCUT2D eigenvalue weighted by Crippen LogP contribution is 2.33. The van der Waals surface area contributed by atoms with Crippen LogP contribution in [0.5, 0.6) is 0 Å². The van der Waals surface area contributed by atoms with Crippen LogP contribution in [-0.2, 0) is 4.79 Å². The zero-order chi connectivity index (χ0) is 22.0. The number of nitrogens with one attached hydrogen (secondary N) is 1. The van der Waals surface area contributed by atoms with E-state index in [4.69, 9.17) is 23.2 Å². The van der Waals surface area contributed by atoms with Crippen molar-refractivity contribution in [2.24, 2.45) is 0 Å². The molecule has 0 aliphatic carbocycles. The molecule has 2 aliphatic heterocycles. The summed E-state index contributed by atoms with van der Waals surface area (Å²) in [6.45, 7) is 6.91. The smallest absolute Gasteiger partial charge is 0.274 e. The lowest BCUT2D eigenvalue weighted by atomic mass is 10.1. The van der Waals surface area contributed by atoms with Crippen LogP contribution in [0.2, 0.25) is 10.0 Å². The second-order valence-electron chi connectivity index (χ2n) is 7.68. The van der Waals surface area contributed by atoms with Crippen LogP contribution in [0.4, 0.5) is 10.8 Å². The van der Waals surface area contributed by atoms with Crippen LogP contribution in [0, 0.1) is 0 Å². The fourth-order valence-electron chi connectivity index (χ4n) is 4.05. The van der Waals surface area contributed by atoms with Crippen LogP contribution in [-0.4, -0.2) is 76.8 Å². The quantitative estimate of drug-likeness (QED) is 0.699. The van der Waals surface area contributed by atoms with Gasteiger partial charge in [0.15, 0.2) is 5.13 Å². The van der Waals surface area contributed by atoms with Gasteiger partial charge in [-0.25, -0.2) is 4.98 Å². The van der Waals surface area contributed by atoms with Gasteiger partial charge in [-0.05, 0) is 31.5 Å². The first-order valence-electron chi connectivity index (χ1n) is 10.5. The summed E-state index contributed by atoms with van der Waals surface area (Å²) in [5.41, 5.74) is 0.962. The van der Waals surface area contributed by atoms with Crippen molar-refractivity contribution >= 4 is 57.2 Å². The fraction of sp³-hybridized carbons (Fsp3) is 0.476. The van der Waals surface area contributed by atoms with Crippen LogP contribution >= 0.6 is 34.5 Å². The summed E-state index contributed by atoms with van der Waals surface area (Å²) in [6, 6.07) is 4.89. The number of benzene rings is 1. The maximum Gasteiger partial charge on any atom is 0.274 e. The molecule has 0 spiro atoms. The summed E-state index contributed by atoms with van der Waals surface area (Å²) >= 11 is 13.6. The van der Waals surface area contributed by atoms with E-state index in [2.05, 4.69) is 22.1 Å². The van der Waals surface area contributed by atoms with E-state index in [1.165, 1.54) is 11.3 Å². The standard InChI is InChI=1S/C21H25Cl2N5O2S/c1-2-26-9-11-27(12-10-26)20(30)17-7-4-8-28(17)19(29)16-13-31-21(25-16)24-15-6-3-5-14(22)18(15)23/h3,5-6,13,17H,2,4,7-12H2,1H3,(H,24,25). The summed E-state index contributed by atoms with van der Waals surface area (Å²) in [7, 11) is 0. The Morgan fingerprint density at radius 2 is 1.97 bits per heavy atom. The number of amides is 2. The molecule has 2 saturated heterocycles. The van der Waals surface area contributed by atoms with E-state index in [-0.39, 0.29) is 11.8 Å². The Hall–Kier alpha value is -1.87. The lowest BCUT2D eigenvalue weighted by Gasteiger charge is -2.36. The molecule has 0 saturated carbocycles. The SMILES string of the molecule is CCN1CCN(C(=O)C2CCCN2C(=O)c2csc(Nc3cccc(Cl)c3Cl)n2)CC1. The van der Waals surface area contributed by atoms with Crippen molar-refractivity contribution in [1.82, 2.24) is 19.7 Å². The zero-order valence-electron chi connectivity index (χ0n) is 17.3. The minimum atomic E-state index is -0.402. The summed E-state index contributed by atoms with van der Waals surface area (Å²) in [4.78, 5) is 36.6. The van der Waals surface area contributed by atoms with E-state index in [1.54, 1.807) is 28.5 Å². The lowest BCUT2D eigenvalue weighted by Crippen LogP contribution is -2.54. The van der Waals surface area contributed by atoms with E-state index in [0.29, 0.717) is 39.5 Å². The van der Waals surface area contributed by atoms with Gasteiger partial charge in [0, 0.05) is 38.1 Å². The molecule has 10 heteroatoms. The molecule has 1 aromatic heterocycles. The molecule has 1 aromatic carbocycles. The Balaban J connectivity index is 1.43. The molecule has 2 aromatic rings. The average Bonchev–Trinajstić information content (AvgIpc) is 3.46. The van der Waals surface area contributed by atoms with Crippen molar-refractivity contribution < 1.29 is 9.59 Å². The third-order valence-electron chi connectivity index (χ3n) is 5.85. The second-order valence-corrected chi connectivity index (χ2v) is 9.32. The number of piperazine rings is 1. The van der Waals surface area contributed by atoms with Gasteiger partial charge in [-0.1, -0.05) is 36.2 Å². The Bertz CT molecular complexity index is 961. The third kappa shape index (κ3) is 4.82. The molecule has 1 unspecified atom stereocenters. The number of hydrogen-bond acceptors (Lipinski definition) is 6. The molecule has 0 radical (unpaired) electrons. The van der Waals surface area contributed by atoms with Crippen LogP contribution in [0.15, 0.2) is 23.6 Å².